The largest absolute Gasteiger partial charge is 0.416 e. The first-order chi connectivity index (χ1) is 12.4. The van der Waals surface area contributed by atoms with Crippen molar-refractivity contribution in [2.75, 3.05) is 13.1 Å². The van der Waals surface area contributed by atoms with Gasteiger partial charge < -0.3 is 10.6 Å². The first-order valence-electron chi connectivity index (χ1n) is 8.57. The summed E-state index contributed by atoms with van der Waals surface area (Å²) in [6, 6.07) is 5.24. The van der Waals surface area contributed by atoms with Gasteiger partial charge in [0.05, 0.1) is 18.3 Å². The summed E-state index contributed by atoms with van der Waals surface area (Å²) in [4.78, 5) is 4.37. The number of guanidine groups is 1. The maximum Gasteiger partial charge on any atom is 0.416 e. The molecule has 27 heavy (non-hydrogen) atoms. The van der Waals surface area contributed by atoms with Crippen molar-refractivity contribution in [2.24, 2.45) is 4.99 Å². The third-order valence-electron chi connectivity index (χ3n) is 3.87. The summed E-state index contributed by atoms with van der Waals surface area (Å²) >= 11 is 0. The highest BCUT2D eigenvalue weighted by Gasteiger charge is 2.30. The number of alkyl halides is 3. The third-order valence-corrected chi connectivity index (χ3v) is 3.87. The highest BCUT2D eigenvalue weighted by Crippen LogP contribution is 2.29. The molecule has 0 amide bonds. The Morgan fingerprint density at radius 3 is 2.67 bits per heavy atom. The number of aryl methyl sites for hydroxylation is 2. The second-order valence-electron chi connectivity index (χ2n) is 5.94. The van der Waals surface area contributed by atoms with Gasteiger partial charge in [-0.05, 0) is 49.9 Å². The van der Waals surface area contributed by atoms with Crippen molar-refractivity contribution in [2.45, 2.75) is 39.4 Å². The Balaban J connectivity index is 0.00000364. The molecule has 0 fully saturated rings. The lowest BCUT2D eigenvalue weighted by Gasteiger charge is -2.12. The Labute approximate surface area is 174 Å². The molecule has 150 valence electrons. The molecule has 0 aliphatic carbocycles. The molecular weight excluding hydrogens is 470 g/mol. The first kappa shape index (κ1) is 23.3. The summed E-state index contributed by atoms with van der Waals surface area (Å²) in [5.74, 6) is 0.592. The maximum atomic E-state index is 12.8. The zero-order valence-corrected chi connectivity index (χ0v) is 17.7. The molecule has 0 saturated carbocycles. The number of halogens is 4. The second-order valence-corrected chi connectivity index (χ2v) is 5.94. The van der Waals surface area contributed by atoms with E-state index in [0.717, 1.165) is 30.7 Å². The lowest BCUT2D eigenvalue weighted by Crippen LogP contribution is -2.37. The number of hydrogen-bond donors (Lipinski definition) is 3. The zero-order chi connectivity index (χ0) is 19.0. The van der Waals surface area contributed by atoms with E-state index < -0.39 is 11.7 Å². The average molecular weight is 495 g/mol. The van der Waals surface area contributed by atoms with Crippen LogP contribution in [0.1, 0.15) is 35.7 Å². The number of benzene rings is 1. The minimum Gasteiger partial charge on any atom is -0.357 e. The second kappa shape index (κ2) is 11.2. The van der Waals surface area contributed by atoms with Crippen molar-refractivity contribution >= 4 is 29.9 Å². The molecule has 0 spiro atoms. The zero-order valence-electron chi connectivity index (χ0n) is 15.4. The maximum absolute atomic E-state index is 12.8. The Morgan fingerprint density at radius 1 is 1.26 bits per heavy atom. The van der Waals surface area contributed by atoms with E-state index in [2.05, 4.69) is 25.8 Å². The minimum atomic E-state index is -4.34. The topological polar surface area (TPSA) is 65.1 Å². The van der Waals surface area contributed by atoms with Gasteiger partial charge in [0.2, 0.25) is 0 Å². The average Bonchev–Trinajstić information content (AvgIpc) is 3.01. The van der Waals surface area contributed by atoms with Crippen LogP contribution in [0.3, 0.4) is 0 Å². The lowest BCUT2D eigenvalue weighted by atomic mass is 10.1. The number of aromatic amines is 1. The van der Waals surface area contributed by atoms with Crippen LogP contribution >= 0.6 is 24.0 Å². The van der Waals surface area contributed by atoms with Crippen molar-refractivity contribution in [3.8, 4) is 0 Å². The SMILES string of the molecule is CCNC(=NCc1cccc(C(F)(F)F)c1)NCCCc1cn[nH]c1C.I. The van der Waals surface area contributed by atoms with Gasteiger partial charge in [-0.3, -0.25) is 5.10 Å². The Kier molecular flexibility index (Phi) is 9.61. The van der Waals surface area contributed by atoms with Crippen LogP contribution < -0.4 is 10.6 Å². The fraction of sp³-hybridized carbons (Fsp3) is 0.444. The summed E-state index contributed by atoms with van der Waals surface area (Å²) in [6.45, 7) is 5.49. The van der Waals surface area contributed by atoms with Crippen molar-refractivity contribution in [1.29, 1.82) is 0 Å². The molecule has 0 saturated heterocycles. The van der Waals surface area contributed by atoms with Crippen LogP contribution in [0.25, 0.3) is 0 Å². The van der Waals surface area contributed by atoms with E-state index in [1.807, 2.05) is 20.0 Å². The van der Waals surface area contributed by atoms with Crippen LogP contribution in [0.2, 0.25) is 0 Å². The van der Waals surface area contributed by atoms with Crippen LogP contribution in [0.4, 0.5) is 13.2 Å². The summed E-state index contributed by atoms with van der Waals surface area (Å²) < 4.78 is 38.3. The normalized spacial score (nSPS) is 11.8. The fourth-order valence-corrected chi connectivity index (χ4v) is 2.47. The van der Waals surface area contributed by atoms with E-state index in [4.69, 9.17) is 0 Å². The van der Waals surface area contributed by atoms with Gasteiger partial charge in [0, 0.05) is 18.8 Å². The van der Waals surface area contributed by atoms with E-state index in [9.17, 15) is 13.2 Å². The molecule has 0 aliphatic rings. The number of rotatable bonds is 7. The molecule has 5 nitrogen and oxygen atoms in total. The van der Waals surface area contributed by atoms with E-state index in [0.29, 0.717) is 24.6 Å². The quantitative estimate of drug-likeness (QED) is 0.235. The van der Waals surface area contributed by atoms with Crippen LogP contribution in [0.5, 0.6) is 0 Å². The summed E-state index contributed by atoms with van der Waals surface area (Å²) in [5, 5.41) is 13.2. The summed E-state index contributed by atoms with van der Waals surface area (Å²) in [6.07, 6.45) is -0.729. The number of hydrogen-bond acceptors (Lipinski definition) is 2. The molecule has 0 atom stereocenters. The van der Waals surface area contributed by atoms with E-state index in [1.54, 1.807) is 6.07 Å². The monoisotopic (exact) mass is 495 g/mol. The van der Waals surface area contributed by atoms with Gasteiger partial charge in [0.1, 0.15) is 0 Å². The number of aliphatic imine (C=N–C) groups is 1. The summed E-state index contributed by atoms with van der Waals surface area (Å²) in [5.41, 5.74) is 2.11. The smallest absolute Gasteiger partial charge is 0.357 e. The molecule has 0 bridgehead atoms. The predicted octanol–water partition coefficient (Wildman–Crippen LogP) is 4.04. The van der Waals surface area contributed by atoms with Gasteiger partial charge >= 0.3 is 6.18 Å². The molecular formula is C18H25F3IN5. The molecule has 2 aromatic rings. The van der Waals surface area contributed by atoms with Crippen molar-refractivity contribution in [1.82, 2.24) is 20.8 Å². The Morgan fingerprint density at radius 2 is 2.04 bits per heavy atom. The van der Waals surface area contributed by atoms with Crippen LogP contribution in [0, 0.1) is 6.92 Å². The van der Waals surface area contributed by atoms with Gasteiger partial charge in [0.15, 0.2) is 5.96 Å². The third kappa shape index (κ3) is 7.77. The van der Waals surface area contributed by atoms with Crippen molar-refractivity contribution in [3.63, 3.8) is 0 Å². The van der Waals surface area contributed by atoms with Gasteiger partial charge in [-0.25, -0.2) is 4.99 Å². The first-order valence-corrected chi connectivity index (χ1v) is 8.57. The number of aromatic nitrogens is 2. The van der Waals surface area contributed by atoms with Crippen molar-refractivity contribution in [3.05, 3.63) is 52.8 Å². The molecule has 1 aromatic heterocycles. The fourth-order valence-electron chi connectivity index (χ4n) is 2.47. The van der Waals surface area contributed by atoms with Crippen molar-refractivity contribution < 1.29 is 13.2 Å². The number of nitrogens with one attached hydrogen (secondary N) is 3. The molecule has 0 aliphatic heterocycles. The minimum absolute atomic E-state index is 0. The van der Waals surface area contributed by atoms with E-state index in [-0.39, 0.29) is 30.5 Å². The van der Waals surface area contributed by atoms with Gasteiger partial charge in [-0.1, -0.05) is 12.1 Å². The molecule has 0 unspecified atom stereocenters. The molecule has 1 heterocycles. The molecule has 2 rings (SSSR count). The van der Waals surface area contributed by atoms with Gasteiger partial charge in [0.25, 0.3) is 0 Å². The molecule has 3 N–H and O–H groups in total. The summed E-state index contributed by atoms with van der Waals surface area (Å²) in [7, 11) is 0. The van der Waals surface area contributed by atoms with Crippen LogP contribution in [-0.4, -0.2) is 29.2 Å². The van der Waals surface area contributed by atoms with Gasteiger partial charge in [-0.15, -0.1) is 24.0 Å². The highest BCUT2D eigenvalue weighted by atomic mass is 127. The van der Waals surface area contributed by atoms with E-state index in [1.165, 1.54) is 11.6 Å². The van der Waals surface area contributed by atoms with Gasteiger partial charge in [-0.2, -0.15) is 18.3 Å². The Bertz CT molecular complexity index is 728. The molecule has 1 aromatic carbocycles. The highest BCUT2D eigenvalue weighted by molar-refractivity contribution is 14.0. The number of H-pyrrole nitrogens is 1. The molecule has 9 heteroatoms. The Hall–Kier alpha value is -1.78. The van der Waals surface area contributed by atoms with Crippen LogP contribution in [0.15, 0.2) is 35.5 Å². The number of nitrogens with zero attached hydrogens (tertiary/aromatic N) is 2. The lowest BCUT2D eigenvalue weighted by molar-refractivity contribution is -0.137. The molecule has 0 radical (unpaired) electrons. The van der Waals surface area contributed by atoms with E-state index >= 15 is 0 Å². The standard InChI is InChI=1S/C18H24F3N5.HI/c1-3-22-17(23-9-5-7-15-12-25-26-13(15)2)24-11-14-6-4-8-16(10-14)18(19,20)21;/h4,6,8,10,12H,3,5,7,9,11H2,1-2H3,(H,25,26)(H2,22,23,24);1H. The van der Waals surface area contributed by atoms with Crippen LogP contribution in [-0.2, 0) is 19.1 Å². The predicted molar refractivity (Wildman–Crippen MR) is 111 cm³/mol.